The summed E-state index contributed by atoms with van der Waals surface area (Å²) in [6, 6.07) is -3.92. The molecule has 0 aromatic carbocycles. The van der Waals surface area contributed by atoms with Crippen molar-refractivity contribution < 1.29 is 42.9 Å². The van der Waals surface area contributed by atoms with E-state index < -0.39 is 52.5 Å². The molecule has 12 nitrogen and oxygen atoms in total. The zero-order valence-corrected chi connectivity index (χ0v) is 17.6. The van der Waals surface area contributed by atoms with Gasteiger partial charge in [-0.25, -0.2) is 27.5 Å². The van der Waals surface area contributed by atoms with Crippen molar-refractivity contribution in [2.75, 3.05) is 6.54 Å². The Labute approximate surface area is 179 Å². The average molecular weight is 461 g/mol. The van der Waals surface area contributed by atoms with Crippen LogP contribution in [0.3, 0.4) is 0 Å². The van der Waals surface area contributed by atoms with E-state index in [1.165, 1.54) is 18.2 Å². The Bertz CT molecular complexity index is 821. The zero-order chi connectivity index (χ0) is 24.0. The second-order valence-corrected chi connectivity index (χ2v) is 8.11. The van der Waals surface area contributed by atoms with E-state index in [1.54, 1.807) is 0 Å². The molecule has 2 atom stereocenters. The Morgan fingerprint density at radius 3 is 1.97 bits per heavy atom. The Hall–Kier alpha value is -3.19. The minimum atomic E-state index is -3.77. The van der Waals surface area contributed by atoms with Gasteiger partial charge >= 0.3 is 23.9 Å². The van der Waals surface area contributed by atoms with Gasteiger partial charge in [-0.2, -0.15) is 0 Å². The third-order valence-electron chi connectivity index (χ3n) is 3.83. The predicted octanol–water partition coefficient (Wildman–Crippen LogP) is 0.402. The first-order chi connectivity index (χ1) is 14.4. The highest BCUT2D eigenvalue weighted by Gasteiger charge is 2.24. The van der Waals surface area contributed by atoms with Crippen LogP contribution in [0.15, 0.2) is 36.3 Å². The lowest BCUT2D eigenvalue weighted by Crippen LogP contribution is -2.51. The predicted molar refractivity (Wildman–Crippen MR) is 111 cm³/mol. The number of carboxylic acid groups (broad SMARTS) is 3. The summed E-state index contributed by atoms with van der Waals surface area (Å²) in [7, 11) is -3.77. The molecule has 0 saturated carbocycles. The molecule has 0 spiro atoms. The van der Waals surface area contributed by atoms with E-state index in [2.05, 4.69) is 23.2 Å². The van der Waals surface area contributed by atoms with Crippen molar-refractivity contribution in [3.63, 3.8) is 0 Å². The van der Waals surface area contributed by atoms with Crippen molar-refractivity contribution >= 4 is 34.0 Å². The maximum Gasteiger partial charge on any atom is 0.326 e. The summed E-state index contributed by atoms with van der Waals surface area (Å²) in [4.78, 5) is 44.7. The molecule has 0 aromatic rings. The fourth-order valence-electron chi connectivity index (χ4n) is 2.18. The van der Waals surface area contributed by atoms with Gasteiger partial charge in [-0.15, -0.1) is 0 Å². The highest BCUT2D eigenvalue weighted by molar-refractivity contribution is 7.93. The molecule has 0 radical (unpaired) electrons. The second kappa shape index (κ2) is 13.9. The van der Waals surface area contributed by atoms with E-state index in [0.717, 1.165) is 0 Å². The second-order valence-electron chi connectivity index (χ2n) is 6.29. The largest absolute Gasteiger partial charge is 0.481 e. The lowest BCUT2D eigenvalue weighted by atomic mass is 10.1. The average Bonchev–Trinajstić information content (AvgIpc) is 2.67. The highest BCUT2D eigenvalue weighted by atomic mass is 32.2. The molecule has 0 rings (SSSR count). The van der Waals surface area contributed by atoms with Crippen LogP contribution in [0.2, 0.25) is 0 Å². The van der Waals surface area contributed by atoms with Crippen LogP contribution in [0.25, 0.3) is 0 Å². The number of amides is 2. The van der Waals surface area contributed by atoms with Gasteiger partial charge in [0, 0.05) is 13.0 Å². The maximum atomic E-state index is 11.9. The quantitative estimate of drug-likeness (QED) is 0.139. The van der Waals surface area contributed by atoms with E-state index in [4.69, 9.17) is 10.2 Å². The number of unbranched alkanes of at least 4 members (excludes halogenated alkanes) is 1. The standard InChI is InChI=1S/C18H27N3O9S/c1-3-4-7-12(2)31(29,30)19-11-6-5-8-13(16(24)25)20-18(28)21-14(17(26)27)9-10-15(22)23/h3-4,7,13-14,19H,1-2,5-6,8-11H2,(H,22,23)(H,24,25)(H,26,27)(H2,20,21,28)/b7-4-. The normalized spacial score (nSPS) is 13.2. The number of nitrogens with one attached hydrogen (secondary N) is 3. The summed E-state index contributed by atoms with van der Waals surface area (Å²) in [6.07, 6.45) is 3.65. The van der Waals surface area contributed by atoms with Gasteiger partial charge in [0.25, 0.3) is 0 Å². The molecular formula is C18H27N3O9S. The van der Waals surface area contributed by atoms with Crippen LogP contribution >= 0.6 is 0 Å². The number of aliphatic carboxylic acids is 3. The van der Waals surface area contributed by atoms with Crippen LogP contribution in [0.4, 0.5) is 4.79 Å². The molecule has 0 fully saturated rings. The molecule has 0 heterocycles. The van der Waals surface area contributed by atoms with Crippen LogP contribution in [0, 0.1) is 0 Å². The van der Waals surface area contributed by atoms with Crippen LogP contribution < -0.4 is 15.4 Å². The Kier molecular flexibility index (Phi) is 12.5. The van der Waals surface area contributed by atoms with Crippen LogP contribution in [0.5, 0.6) is 0 Å². The summed E-state index contributed by atoms with van der Waals surface area (Å²) in [6.45, 7) is 6.84. The third kappa shape index (κ3) is 12.2. The van der Waals surface area contributed by atoms with Crippen molar-refractivity contribution in [3.8, 4) is 0 Å². The summed E-state index contributed by atoms with van der Waals surface area (Å²) in [5, 5.41) is 30.9. The van der Waals surface area contributed by atoms with E-state index >= 15 is 0 Å². The number of hydrogen-bond acceptors (Lipinski definition) is 6. The Morgan fingerprint density at radius 2 is 1.48 bits per heavy atom. The van der Waals surface area contributed by atoms with Crippen LogP contribution in [-0.4, -0.2) is 66.3 Å². The smallest absolute Gasteiger partial charge is 0.326 e. The molecule has 0 saturated heterocycles. The van der Waals surface area contributed by atoms with Crippen molar-refractivity contribution in [1.29, 1.82) is 0 Å². The first-order valence-corrected chi connectivity index (χ1v) is 10.6. The van der Waals surface area contributed by atoms with Crippen LogP contribution in [-0.2, 0) is 24.4 Å². The number of allylic oxidation sites excluding steroid dienone is 3. The van der Waals surface area contributed by atoms with E-state index in [-0.39, 0.29) is 37.1 Å². The number of carboxylic acids is 3. The topological polar surface area (TPSA) is 199 Å². The molecular weight excluding hydrogens is 434 g/mol. The van der Waals surface area contributed by atoms with Gasteiger partial charge in [-0.1, -0.05) is 25.3 Å². The maximum absolute atomic E-state index is 11.9. The molecule has 2 amide bonds. The number of carbonyl (C=O) groups excluding carboxylic acids is 1. The van der Waals surface area contributed by atoms with Gasteiger partial charge in [0.15, 0.2) is 0 Å². The van der Waals surface area contributed by atoms with E-state index in [1.807, 2.05) is 5.32 Å². The number of urea groups is 1. The van der Waals surface area contributed by atoms with Gasteiger partial charge in [-0.05, 0) is 31.8 Å². The first-order valence-electron chi connectivity index (χ1n) is 9.12. The molecule has 0 aliphatic rings. The van der Waals surface area contributed by atoms with Gasteiger partial charge in [0.1, 0.15) is 12.1 Å². The van der Waals surface area contributed by atoms with E-state index in [0.29, 0.717) is 0 Å². The lowest BCUT2D eigenvalue weighted by molar-refractivity contribution is -0.140. The molecule has 6 N–H and O–H groups in total. The molecule has 31 heavy (non-hydrogen) atoms. The Morgan fingerprint density at radius 1 is 0.935 bits per heavy atom. The molecule has 0 aliphatic carbocycles. The van der Waals surface area contributed by atoms with Gasteiger partial charge in [-0.3, -0.25) is 4.79 Å². The SMILES string of the molecule is C=C/C=C\C(=C)S(=O)(=O)NCCCCC(NC(=O)NC(CCC(=O)O)C(=O)O)C(=O)O. The summed E-state index contributed by atoms with van der Waals surface area (Å²) < 4.78 is 26.1. The number of rotatable bonds is 16. The highest BCUT2D eigenvalue weighted by Crippen LogP contribution is 2.06. The Balaban J connectivity index is 4.56. The zero-order valence-electron chi connectivity index (χ0n) is 16.7. The number of carbonyl (C=O) groups is 4. The van der Waals surface area contributed by atoms with Gasteiger partial charge in [0.05, 0.1) is 4.91 Å². The number of hydrogen-bond donors (Lipinski definition) is 6. The lowest BCUT2D eigenvalue weighted by Gasteiger charge is -2.18. The molecule has 0 bridgehead atoms. The molecule has 0 aromatic heterocycles. The van der Waals surface area contributed by atoms with Crippen molar-refractivity contribution in [2.45, 2.75) is 44.2 Å². The van der Waals surface area contributed by atoms with Gasteiger partial charge < -0.3 is 26.0 Å². The summed E-state index contributed by atoms with van der Waals surface area (Å²) >= 11 is 0. The first kappa shape index (κ1) is 27.8. The fraction of sp³-hybridized carbons (Fsp3) is 0.444. The van der Waals surface area contributed by atoms with Crippen molar-refractivity contribution in [2.24, 2.45) is 0 Å². The van der Waals surface area contributed by atoms with Crippen molar-refractivity contribution in [3.05, 3.63) is 36.3 Å². The monoisotopic (exact) mass is 461 g/mol. The number of sulfonamides is 1. The molecule has 2 unspecified atom stereocenters. The third-order valence-corrected chi connectivity index (χ3v) is 5.24. The summed E-state index contributed by atoms with van der Waals surface area (Å²) in [5.41, 5.74) is 0. The van der Waals surface area contributed by atoms with Gasteiger partial charge in [0.2, 0.25) is 10.0 Å². The molecule has 13 heteroatoms. The fourth-order valence-corrected chi connectivity index (χ4v) is 3.03. The summed E-state index contributed by atoms with van der Waals surface area (Å²) in [5.74, 6) is -4.07. The van der Waals surface area contributed by atoms with E-state index in [9.17, 15) is 32.7 Å². The molecule has 0 aliphatic heterocycles. The minimum absolute atomic E-state index is 0.0120. The molecule has 174 valence electrons. The van der Waals surface area contributed by atoms with Crippen LogP contribution in [0.1, 0.15) is 32.1 Å². The van der Waals surface area contributed by atoms with Crippen molar-refractivity contribution in [1.82, 2.24) is 15.4 Å². The minimum Gasteiger partial charge on any atom is -0.481 e.